The van der Waals surface area contributed by atoms with Crippen molar-refractivity contribution in [1.29, 1.82) is 0 Å². The quantitative estimate of drug-likeness (QED) is 0.713. The third-order valence-electron chi connectivity index (χ3n) is 3.02. The lowest BCUT2D eigenvalue weighted by Gasteiger charge is -2.09. The van der Waals surface area contributed by atoms with Crippen molar-refractivity contribution >= 4 is 0 Å². The molecule has 0 aliphatic rings. The molecule has 0 saturated heterocycles. The molecule has 0 saturated carbocycles. The molecule has 0 spiro atoms. The average Bonchev–Trinajstić information content (AvgIpc) is 2.83. The van der Waals surface area contributed by atoms with E-state index in [2.05, 4.69) is 15.5 Å². The molecule has 20 heavy (non-hydrogen) atoms. The Morgan fingerprint density at radius 1 is 1.30 bits per heavy atom. The SMILES string of the molecule is Cc1noc(CCNCc2cc(=O)n(C)c(=O)n2C)n1. The van der Waals surface area contributed by atoms with Gasteiger partial charge in [-0.2, -0.15) is 4.98 Å². The molecule has 0 aromatic carbocycles. The topological polar surface area (TPSA) is 95.0 Å². The third-order valence-corrected chi connectivity index (χ3v) is 3.02. The summed E-state index contributed by atoms with van der Waals surface area (Å²) in [7, 11) is 3.10. The first-order valence-corrected chi connectivity index (χ1v) is 6.25. The summed E-state index contributed by atoms with van der Waals surface area (Å²) in [5.41, 5.74) is -0.000869. The lowest BCUT2D eigenvalue weighted by Crippen LogP contribution is -2.39. The molecule has 0 amide bonds. The molecule has 0 fully saturated rings. The largest absolute Gasteiger partial charge is 0.339 e. The van der Waals surface area contributed by atoms with Crippen LogP contribution in [-0.4, -0.2) is 25.8 Å². The van der Waals surface area contributed by atoms with E-state index in [4.69, 9.17) is 4.52 Å². The second kappa shape index (κ2) is 5.83. The summed E-state index contributed by atoms with van der Waals surface area (Å²) in [6.07, 6.45) is 0.597. The van der Waals surface area contributed by atoms with E-state index in [-0.39, 0.29) is 11.2 Å². The summed E-state index contributed by atoms with van der Waals surface area (Å²) in [5.74, 6) is 1.17. The lowest BCUT2D eigenvalue weighted by molar-refractivity contribution is 0.372. The lowest BCUT2D eigenvalue weighted by atomic mass is 10.3. The molecule has 0 aliphatic carbocycles. The Bertz CT molecular complexity index is 713. The van der Waals surface area contributed by atoms with Gasteiger partial charge >= 0.3 is 5.69 Å². The van der Waals surface area contributed by atoms with Gasteiger partial charge in [0.1, 0.15) is 0 Å². The maximum atomic E-state index is 11.7. The molecule has 0 atom stereocenters. The summed E-state index contributed by atoms with van der Waals surface area (Å²) >= 11 is 0. The van der Waals surface area contributed by atoms with Crippen molar-refractivity contribution in [2.24, 2.45) is 14.1 Å². The first-order chi connectivity index (χ1) is 9.49. The van der Waals surface area contributed by atoms with E-state index >= 15 is 0 Å². The van der Waals surface area contributed by atoms with Crippen LogP contribution >= 0.6 is 0 Å². The fourth-order valence-corrected chi connectivity index (χ4v) is 1.80. The maximum absolute atomic E-state index is 11.7. The van der Waals surface area contributed by atoms with Crippen LogP contribution in [0.3, 0.4) is 0 Å². The zero-order chi connectivity index (χ0) is 14.7. The Balaban J connectivity index is 1.95. The molecule has 1 N–H and O–H groups in total. The summed E-state index contributed by atoms with van der Waals surface area (Å²) in [5, 5.41) is 6.84. The van der Waals surface area contributed by atoms with E-state index in [0.717, 1.165) is 4.57 Å². The molecule has 8 nitrogen and oxygen atoms in total. The van der Waals surface area contributed by atoms with Crippen molar-refractivity contribution in [3.05, 3.63) is 44.3 Å². The minimum Gasteiger partial charge on any atom is -0.339 e. The summed E-state index contributed by atoms with van der Waals surface area (Å²) in [6.45, 7) is 2.80. The molecule has 8 heteroatoms. The van der Waals surface area contributed by atoms with Crippen molar-refractivity contribution < 1.29 is 4.52 Å². The molecule has 2 aromatic rings. The van der Waals surface area contributed by atoms with Gasteiger partial charge in [-0.25, -0.2) is 4.79 Å². The van der Waals surface area contributed by atoms with Crippen LogP contribution in [0.5, 0.6) is 0 Å². The minimum atomic E-state index is -0.332. The Kier molecular flexibility index (Phi) is 4.14. The van der Waals surface area contributed by atoms with Crippen LogP contribution in [0.25, 0.3) is 0 Å². The first kappa shape index (κ1) is 14.2. The van der Waals surface area contributed by atoms with Gasteiger partial charge in [-0.1, -0.05) is 5.16 Å². The van der Waals surface area contributed by atoms with E-state index in [0.29, 0.717) is 36.9 Å². The number of hydrogen-bond acceptors (Lipinski definition) is 6. The average molecular weight is 279 g/mol. The van der Waals surface area contributed by atoms with E-state index in [9.17, 15) is 9.59 Å². The molecule has 2 aromatic heterocycles. The number of nitrogens with one attached hydrogen (secondary N) is 1. The van der Waals surface area contributed by atoms with Gasteiger partial charge in [0.25, 0.3) is 5.56 Å². The Hall–Kier alpha value is -2.22. The highest BCUT2D eigenvalue weighted by molar-refractivity contribution is 5.01. The first-order valence-electron chi connectivity index (χ1n) is 6.25. The summed E-state index contributed by atoms with van der Waals surface area (Å²) in [4.78, 5) is 27.4. The van der Waals surface area contributed by atoms with Gasteiger partial charge in [0.15, 0.2) is 5.82 Å². The predicted octanol–water partition coefficient (Wildman–Crippen LogP) is -0.892. The van der Waals surface area contributed by atoms with Gasteiger partial charge in [-0.15, -0.1) is 0 Å². The Morgan fingerprint density at radius 2 is 2.05 bits per heavy atom. The standard InChI is InChI=1S/C12H17N5O3/c1-8-14-10(20-15-8)4-5-13-7-9-6-11(18)17(3)12(19)16(9)2/h6,13H,4-5,7H2,1-3H3. The second-order valence-electron chi connectivity index (χ2n) is 4.54. The fourth-order valence-electron chi connectivity index (χ4n) is 1.80. The third kappa shape index (κ3) is 3.02. The molecule has 108 valence electrons. The van der Waals surface area contributed by atoms with Crippen LogP contribution < -0.4 is 16.6 Å². The van der Waals surface area contributed by atoms with Crippen LogP contribution in [0.15, 0.2) is 20.2 Å². The summed E-state index contributed by atoms with van der Waals surface area (Å²) in [6, 6.07) is 1.45. The van der Waals surface area contributed by atoms with Crippen LogP contribution in [-0.2, 0) is 27.1 Å². The molecule has 0 unspecified atom stereocenters. The highest BCUT2D eigenvalue weighted by atomic mass is 16.5. The zero-order valence-corrected chi connectivity index (χ0v) is 11.7. The van der Waals surface area contributed by atoms with Gasteiger partial charge in [-0.3, -0.25) is 13.9 Å². The van der Waals surface area contributed by atoms with Crippen molar-refractivity contribution in [2.75, 3.05) is 6.54 Å². The van der Waals surface area contributed by atoms with E-state index in [1.54, 1.807) is 14.0 Å². The molecule has 0 radical (unpaired) electrons. The molecule has 2 heterocycles. The number of aromatic nitrogens is 4. The molecule has 2 rings (SSSR count). The number of nitrogens with zero attached hydrogens (tertiary/aromatic N) is 4. The highest BCUT2D eigenvalue weighted by Gasteiger charge is 2.06. The van der Waals surface area contributed by atoms with Gasteiger partial charge in [-0.05, 0) is 6.92 Å². The normalized spacial score (nSPS) is 10.9. The highest BCUT2D eigenvalue weighted by Crippen LogP contribution is 1.96. The van der Waals surface area contributed by atoms with E-state index in [1.807, 2.05) is 0 Å². The van der Waals surface area contributed by atoms with Crippen molar-refractivity contribution in [1.82, 2.24) is 24.6 Å². The second-order valence-corrected chi connectivity index (χ2v) is 4.54. The van der Waals surface area contributed by atoms with Crippen LogP contribution in [0, 0.1) is 6.92 Å². The smallest absolute Gasteiger partial charge is 0.330 e. The van der Waals surface area contributed by atoms with Gasteiger partial charge in [0.05, 0.1) is 0 Å². The number of aryl methyl sites for hydroxylation is 1. The van der Waals surface area contributed by atoms with Crippen molar-refractivity contribution in [3.8, 4) is 0 Å². The molecule has 0 bridgehead atoms. The van der Waals surface area contributed by atoms with E-state index in [1.165, 1.54) is 17.7 Å². The van der Waals surface area contributed by atoms with Crippen LogP contribution in [0.4, 0.5) is 0 Å². The Labute approximate surface area is 115 Å². The number of rotatable bonds is 5. The zero-order valence-electron chi connectivity index (χ0n) is 11.7. The van der Waals surface area contributed by atoms with Crippen molar-refractivity contribution in [2.45, 2.75) is 19.9 Å². The Morgan fingerprint density at radius 3 is 2.70 bits per heavy atom. The maximum Gasteiger partial charge on any atom is 0.330 e. The van der Waals surface area contributed by atoms with Gasteiger partial charge in [0, 0.05) is 45.4 Å². The monoisotopic (exact) mass is 279 g/mol. The fraction of sp³-hybridized carbons (Fsp3) is 0.500. The minimum absolute atomic E-state index is 0.308. The molecular formula is C12H17N5O3. The summed E-state index contributed by atoms with van der Waals surface area (Å²) < 4.78 is 7.51. The predicted molar refractivity (Wildman–Crippen MR) is 71.4 cm³/mol. The molecular weight excluding hydrogens is 262 g/mol. The van der Waals surface area contributed by atoms with Gasteiger partial charge < -0.3 is 9.84 Å². The van der Waals surface area contributed by atoms with Crippen LogP contribution in [0.2, 0.25) is 0 Å². The number of hydrogen-bond donors (Lipinski definition) is 1. The van der Waals surface area contributed by atoms with Crippen LogP contribution in [0.1, 0.15) is 17.4 Å². The van der Waals surface area contributed by atoms with E-state index < -0.39 is 0 Å². The van der Waals surface area contributed by atoms with Crippen molar-refractivity contribution in [3.63, 3.8) is 0 Å². The van der Waals surface area contributed by atoms with Gasteiger partial charge in [0.2, 0.25) is 5.89 Å². The molecule has 0 aliphatic heterocycles.